The summed E-state index contributed by atoms with van der Waals surface area (Å²) in [5.41, 5.74) is 0.797. The summed E-state index contributed by atoms with van der Waals surface area (Å²) in [4.78, 5) is 11.0. The van der Waals surface area contributed by atoms with Crippen LogP contribution in [0.3, 0.4) is 0 Å². The number of hydrogen-bond donors (Lipinski definition) is 1. The molecule has 0 fully saturated rings. The quantitative estimate of drug-likeness (QED) is 0.924. The van der Waals surface area contributed by atoms with Gasteiger partial charge in [0.15, 0.2) is 5.58 Å². The van der Waals surface area contributed by atoms with Crippen LogP contribution in [0.4, 0.5) is 4.79 Å². The van der Waals surface area contributed by atoms with Gasteiger partial charge in [-0.15, -0.1) is 0 Å². The Hall–Kier alpha value is -1.54. The van der Waals surface area contributed by atoms with Crippen LogP contribution >= 0.6 is 11.8 Å². The van der Waals surface area contributed by atoms with Crippen molar-refractivity contribution in [2.45, 2.75) is 5.75 Å². The fraction of sp³-hybridized carbons (Fsp3) is 0.200. The highest BCUT2D eigenvalue weighted by atomic mass is 32.2. The monoisotopic (exact) mass is 286 g/mol. The van der Waals surface area contributed by atoms with Gasteiger partial charge in [-0.1, -0.05) is 29.1 Å². The molecule has 8 heteroatoms. The molecule has 0 bridgehead atoms. The number of amides is 1. The number of para-hydroxylation sites is 1. The second kappa shape index (κ2) is 4.99. The van der Waals surface area contributed by atoms with Crippen molar-refractivity contribution in [2.75, 3.05) is 6.26 Å². The topological polar surface area (TPSA) is 89.3 Å². The maximum Gasteiger partial charge on any atom is 0.292 e. The van der Waals surface area contributed by atoms with Crippen LogP contribution in [0.2, 0.25) is 0 Å². The summed E-state index contributed by atoms with van der Waals surface area (Å²) in [6, 6.07) is 6.93. The molecule has 18 heavy (non-hydrogen) atoms. The van der Waals surface area contributed by atoms with Crippen LogP contribution < -0.4 is 4.72 Å². The Bertz CT molecular complexity index is 678. The lowest BCUT2D eigenvalue weighted by Crippen LogP contribution is -2.28. The second-order valence-corrected chi connectivity index (χ2v) is 5.98. The van der Waals surface area contributed by atoms with Gasteiger partial charge in [0.05, 0.1) is 0 Å². The molecule has 2 aromatic rings. The summed E-state index contributed by atoms with van der Waals surface area (Å²) in [6.07, 6.45) is 1.50. The summed E-state index contributed by atoms with van der Waals surface area (Å²) in [5.74, 6) is -0.393. The van der Waals surface area contributed by atoms with E-state index in [4.69, 9.17) is 4.52 Å². The first-order chi connectivity index (χ1) is 8.52. The van der Waals surface area contributed by atoms with Gasteiger partial charge in [-0.25, -0.2) is 13.1 Å². The Kier molecular flexibility index (Phi) is 3.58. The van der Waals surface area contributed by atoms with E-state index in [1.54, 1.807) is 24.3 Å². The van der Waals surface area contributed by atoms with Crippen LogP contribution in [0, 0.1) is 0 Å². The van der Waals surface area contributed by atoms with Gasteiger partial charge in [-0.2, -0.15) is 0 Å². The molecule has 1 N–H and O–H groups in total. The number of fused-ring (bicyclic) bond motifs is 1. The normalized spacial score (nSPS) is 11.6. The van der Waals surface area contributed by atoms with Crippen molar-refractivity contribution in [1.82, 2.24) is 9.88 Å². The third-order valence-corrected chi connectivity index (χ3v) is 3.96. The number of carbonyl (C=O) groups is 1. The molecular formula is C10H10N2O4S2. The Morgan fingerprint density at radius 1 is 1.44 bits per heavy atom. The van der Waals surface area contributed by atoms with Crippen LogP contribution in [0.1, 0.15) is 5.69 Å². The fourth-order valence-electron chi connectivity index (χ4n) is 1.43. The first-order valence-electron chi connectivity index (χ1n) is 4.93. The summed E-state index contributed by atoms with van der Waals surface area (Å²) in [5, 5.41) is 3.70. The minimum absolute atomic E-state index is 0.284. The molecule has 1 heterocycles. The molecule has 0 spiro atoms. The number of benzene rings is 1. The number of hydrogen-bond acceptors (Lipinski definition) is 6. The summed E-state index contributed by atoms with van der Waals surface area (Å²) in [6.45, 7) is 0. The van der Waals surface area contributed by atoms with Crippen molar-refractivity contribution in [3.05, 3.63) is 30.0 Å². The molecule has 96 valence electrons. The maximum atomic E-state index is 11.7. The summed E-state index contributed by atoms with van der Waals surface area (Å²) in [7, 11) is -3.75. The Balaban J connectivity index is 2.26. The van der Waals surface area contributed by atoms with Gasteiger partial charge in [0.1, 0.15) is 11.4 Å². The summed E-state index contributed by atoms with van der Waals surface area (Å²) < 4.78 is 30.3. The lowest BCUT2D eigenvalue weighted by atomic mass is 10.2. The Morgan fingerprint density at radius 3 is 2.89 bits per heavy atom. The van der Waals surface area contributed by atoms with Crippen LogP contribution in [-0.4, -0.2) is 25.1 Å². The van der Waals surface area contributed by atoms with Gasteiger partial charge < -0.3 is 4.52 Å². The minimum atomic E-state index is -3.75. The molecule has 0 atom stereocenters. The van der Waals surface area contributed by atoms with E-state index < -0.39 is 21.0 Å². The SMILES string of the molecule is CSC(=O)NS(=O)(=O)Cc1noc2ccccc12. The number of carbonyl (C=O) groups excluding carboxylic acids is 1. The average Bonchev–Trinajstić information content (AvgIpc) is 2.71. The number of nitrogens with zero attached hydrogens (tertiary/aromatic N) is 1. The number of rotatable bonds is 3. The highest BCUT2D eigenvalue weighted by molar-refractivity contribution is 8.14. The molecule has 1 aromatic heterocycles. The number of aromatic nitrogens is 1. The van der Waals surface area contributed by atoms with Gasteiger partial charge in [0.25, 0.3) is 5.24 Å². The fourth-order valence-corrected chi connectivity index (χ4v) is 3.04. The first kappa shape index (κ1) is 12.9. The van der Waals surface area contributed by atoms with Gasteiger partial charge >= 0.3 is 0 Å². The van der Waals surface area contributed by atoms with Gasteiger partial charge in [-0.05, 0) is 18.4 Å². The molecule has 0 aliphatic rings. The lowest BCUT2D eigenvalue weighted by Gasteiger charge is -2.02. The molecule has 1 amide bonds. The predicted octanol–water partition coefficient (Wildman–Crippen LogP) is 1.73. The highest BCUT2D eigenvalue weighted by Gasteiger charge is 2.19. The second-order valence-electron chi connectivity index (χ2n) is 3.48. The molecule has 6 nitrogen and oxygen atoms in total. The predicted molar refractivity (Wildman–Crippen MR) is 68.7 cm³/mol. The van der Waals surface area contributed by atoms with Crippen molar-refractivity contribution in [3.8, 4) is 0 Å². The van der Waals surface area contributed by atoms with Crippen LogP contribution in [0.15, 0.2) is 28.8 Å². The zero-order valence-corrected chi connectivity index (χ0v) is 11.0. The largest absolute Gasteiger partial charge is 0.356 e. The Labute approximate surface area is 108 Å². The Morgan fingerprint density at radius 2 is 2.17 bits per heavy atom. The third-order valence-electron chi connectivity index (χ3n) is 2.20. The molecular weight excluding hydrogens is 276 g/mol. The van der Waals surface area contributed by atoms with Crippen molar-refractivity contribution in [2.24, 2.45) is 0 Å². The first-order valence-corrected chi connectivity index (χ1v) is 7.81. The van der Waals surface area contributed by atoms with Crippen LogP contribution in [0.25, 0.3) is 11.0 Å². The van der Waals surface area contributed by atoms with Crippen LogP contribution in [0.5, 0.6) is 0 Å². The minimum Gasteiger partial charge on any atom is -0.356 e. The molecule has 0 saturated carbocycles. The molecule has 0 aliphatic carbocycles. The lowest BCUT2D eigenvalue weighted by molar-refractivity contribution is 0.265. The highest BCUT2D eigenvalue weighted by Crippen LogP contribution is 2.19. The smallest absolute Gasteiger partial charge is 0.292 e. The number of nitrogens with one attached hydrogen (secondary N) is 1. The maximum absolute atomic E-state index is 11.7. The van der Waals surface area contributed by atoms with E-state index in [-0.39, 0.29) is 5.69 Å². The van der Waals surface area contributed by atoms with E-state index in [0.29, 0.717) is 11.0 Å². The van der Waals surface area contributed by atoms with E-state index in [0.717, 1.165) is 11.8 Å². The number of sulfonamides is 1. The zero-order valence-electron chi connectivity index (χ0n) is 9.41. The molecule has 0 aliphatic heterocycles. The molecule has 0 radical (unpaired) electrons. The zero-order chi connectivity index (χ0) is 13.2. The number of thioether (sulfide) groups is 1. The van der Waals surface area contributed by atoms with Gasteiger partial charge in [-0.3, -0.25) is 4.79 Å². The van der Waals surface area contributed by atoms with E-state index in [1.807, 2.05) is 4.72 Å². The van der Waals surface area contributed by atoms with Crippen molar-refractivity contribution < 1.29 is 17.7 Å². The van der Waals surface area contributed by atoms with Crippen molar-refractivity contribution in [1.29, 1.82) is 0 Å². The van der Waals surface area contributed by atoms with Crippen LogP contribution in [-0.2, 0) is 15.8 Å². The van der Waals surface area contributed by atoms with Crippen molar-refractivity contribution >= 4 is 38.0 Å². The van der Waals surface area contributed by atoms with E-state index in [1.165, 1.54) is 6.26 Å². The average molecular weight is 286 g/mol. The molecule has 2 rings (SSSR count). The standard InChI is InChI=1S/C10H10N2O4S2/c1-17-10(13)12-18(14,15)6-8-7-4-2-3-5-9(7)16-11-8/h2-5H,6H2,1H3,(H,12,13). The van der Waals surface area contributed by atoms with Crippen molar-refractivity contribution in [3.63, 3.8) is 0 Å². The van der Waals surface area contributed by atoms with Gasteiger partial charge in [0, 0.05) is 5.39 Å². The molecule has 0 unspecified atom stereocenters. The van der Waals surface area contributed by atoms with E-state index in [2.05, 4.69) is 5.16 Å². The molecule has 0 saturated heterocycles. The molecule has 1 aromatic carbocycles. The van der Waals surface area contributed by atoms with Gasteiger partial charge in [0.2, 0.25) is 10.0 Å². The van der Waals surface area contributed by atoms with E-state index in [9.17, 15) is 13.2 Å². The summed E-state index contributed by atoms with van der Waals surface area (Å²) >= 11 is 0.795. The third kappa shape index (κ3) is 2.82. The van der Waals surface area contributed by atoms with E-state index >= 15 is 0 Å².